The SMILES string of the molecule is CCOC(=O)C1CC(C)N([C@@H](C)c2ccccc2)CC1=O. The van der Waals surface area contributed by atoms with E-state index in [4.69, 9.17) is 4.74 Å². The van der Waals surface area contributed by atoms with Crippen molar-refractivity contribution in [1.82, 2.24) is 4.90 Å². The molecule has 0 spiro atoms. The van der Waals surface area contributed by atoms with Crippen LogP contribution in [0.15, 0.2) is 30.3 Å². The van der Waals surface area contributed by atoms with Gasteiger partial charge in [0, 0.05) is 12.1 Å². The monoisotopic (exact) mass is 289 g/mol. The summed E-state index contributed by atoms with van der Waals surface area (Å²) in [4.78, 5) is 26.3. The van der Waals surface area contributed by atoms with Crippen LogP contribution < -0.4 is 0 Å². The van der Waals surface area contributed by atoms with E-state index in [2.05, 4.69) is 30.9 Å². The van der Waals surface area contributed by atoms with E-state index in [0.29, 0.717) is 19.6 Å². The zero-order valence-electron chi connectivity index (χ0n) is 12.9. The van der Waals surface area contributed by atoms with Crippen molar-refractivity contribution in [3.05, 3.63) is 35.9 Å². The van der Waals surface area contributed by atoms with E-state index in [0.717, 1.165) is 0 Å². The van der Waals surface area contributed by atoms with Crippen LogP contribution >= 0.6 is 0 Å². The molecule has 4 nitrogen and oxygen atoms in total. The van der Waals surface area contributed by atoms with Crippen molar-refractivity contribution in [3.8, 4) is 0 Å². The highest BCUT2D eigenvalue weighted by atomic mass is 16.5. The molecule has 0 bridgehead atoms. The smallest absolute Gasteiger partial charge is 0.316 e. The molecule has 1 fully saturated rings. The number of esters is 1. The van der Waals surface area contributed by atoms with E-state index in [9.17, 15) is 9.59 Å². The summed E-state index contributed by atoms with van der Waals surface area (Å²) in [5.41, 5.74) is 1.19. The zero-order chi connectivity index (χ0) is 15.4. The first kappa shape index (κ1) is 15.7. The maximum atomic E-state index is 12.3. The van der Waals surface area contributed by atoms with E-state index >= 15 is 0 Å². The van der Waals surface area contributed by atoms with Gasteiger partial charge in [-0.25, -0.2) is 0 Å². The zero-order valence-corrected chi connectivity index (χ0v) is 12.9. The maximum Gasteiger partial charge on any atom is 0.316 e. The molecule has 2 unspecified atom stereocenters. The van der Waals surface area contributed by atoms with E-state index in [1.807, 2.05) is 18.2 Å². The number of Topliss-reactive ketones (excluding diaryl/α,β-unsaturated/α-hetero) is 1. The number of hydrogen-bond acceptors (Lipinski definition) is 4. The highest BCUT2D eigenvalue weighted by Crippen LogP contribution is 2.29. The standard InChI is InChI=1S/C17H23NO3/c1-4-21-17(20)15-10-12(2)18(11-16(15)19)13(3)14-8-6-5-7-9-14/h5-9,12-13,15H,4,10-11H2,1-3H3/t12?,13-,15?/m0/s1. The Bertz CT molecular complexity index is 500. The van der Waals surface area contributed by atoms with Crippen LogP contribution in [0.2, 0.25) is 0 Å². The average molecular weight is 289 g/mol. The molecule has 3 atom stereocenters. The van der Waals surface area contributed by atoms with E-state index in [1.165, 1.54) is 5.56 Å². The van der Waals surface area contributed by atoms with Crippen LogP contribution in [-0.2, 0) is 14.3 Å². The Morgan fingerprint density at radius 2 is 2.05 bits per heavy atom. The van der Waals surface area contributed by atoms with Crippen molar-refractivity contribution in [3.63, 3.8) is 0 Å². The Kier molecular flexibility index (Phi) is 5.12. The normalized spacial score (nSPS) is 24.6. The van der Waals surface area contributed by atoms with E-state index in [1.54, 1.807) is 6.92 Å². The molecule has 1 saturated heterocycles. The number of ketones is 1. The van der Waals surface area contributed by atoms with Crippen LogP contribution in [0.25, 0.3) is 0 Å². The average Bonchev–Trinajstić information content (AvgIpc) is 2.49. The lowest BCUT2D eigenvalue weighted by Crippen LogP contribution is -2.49. The van der Waals surface area contributed by atoms with Crippen molar-refractivity contribution in [2.24, 2.45) is 5.92 Å². The Morgan fingerprint density at radius 1 is 1.38 bits per heavy atom. The second-order valence-electron chi connectivity index (χ2n) is 5.61. The second kappa shape index (κ2) is 6.85. The van der Waals surface area contributed by atoms with Gasteiger partial charge in [-0.2, -0.15) is 0 Å². The Labute approximate surface area is 126 Å². The Hall–Kier alpha value is -1.68. The largest absolute Gasteiger partial charge is 0.465 e. The lowest BCUT2D eigenvalue weighted by atomic mass is 9.88. The molecule has 1 heterocycles. The van der Waals surface area contributed by atoms with Crippen LogP contribution in [0.4, 0.5) is 0 Å². The topological polar surface area (TPSA) is 46.6 Å². The third kappa shape index (κ3) is 3.50. The van der Waals surface area contributed by atoms with Crippen LogP contribution in [0, 0.1) is 5.92 Å². The molecule has 1 aromatic carbocycles. The third-order valence-corrected chi connectivity index (χ3v) is 4.22. The van der Waals surface area contributed by atoms with Gasteiger partial charge in [0.2, 0.25) is 0 Å². The third-order valence-electron chi connectivity index (χ3n) is 4.22. The first-order valence-corrected chi connectivity index (χ1v) is 7.54. The molecule has 2 rings (SSSR count). The lowest BCUT2D eigenvalue weighted by Gasteiger charge is -2.39. The summed E-state index contributed by atoms with van der Waals surface area (Å²) >= 11 is 0. The Balaban J connectivity index is 2.08. The highest BCUT2D eigenvalue weighted by molar-refractivity contribution is 6.00. The van der Waals surface area contributed by atoms with E-state index in [-0.39, 0.29) is 23.8 Å². The molecule has 1 aliphatic heterocycles. The highest BCUT2D eigenvalue weighted by Gasteiger charge is 2.39. The van der Waals surface area contributed by atoms with Crippen LogP contribution in [0.3, 0.4) is 0 Å². The molecule has 1 aliphatic rings. The van der Waals surface area contributed by atoms with Gasteiger partial charge in [-0.3, -0.25) is 14.5 Å². The molecule has 0 saturated carbocycles. The molecular weight excluding hydrogens is 266 g/mol. The summed E-state index contributed by atoms with van der Waals surface area (Å²) in [5.74, 6) is -1.00. The second-order valence-corrected chi connectivity index (χ2v) is 5.61. The molecule has 0 aliphatic carbocycles. The summed E-state index contributed by atoms with van der Waals surface area (Å²) in [6.45, 7) is 6.56. The van der Waals surface area contributed by atoms with Crippen LogP contribution in [-0.4, -0.2) is 35.8 Å². The Morgan fingerprint density at radius 3 is 2.67 bits per heavy atom. The van der Waals surface area contributed by atoms with E-state index < -0.39 is 5.92 Å². The van der Waals surface area contributed by atoms with Gasteiger partial charge in [0.05, 0.1) is 13.2 Å². The number of hydrogen-bond donors (Lipinski definition) is 0. The van der Waals surface area contributed by atoms with Gasteiger partial charge in [0.25, 0.3) is 0 Å². The quantitative estimate of drug-likeness (QED) is 0.631. The molecule has 114 valence electrons. The molecule has 0 N–H and O–H groups in total. The number of benzene rings is 1. The maximum absolute atomic E-state index is 12.3. The number of carbonyl (C=O) groups excluding carboxylic acids is 2. The predicted molar refractivity (Wildman–Crippen MR) is 80.8 cm³/mol. The summed E-state index contributed by atoms with van der Waals surface area (Å²) < 4.78 is 5.00. The van der Waals surface area contributed by atoms with Crippen molar-refractivity contribution in [2.75, 3.05) is 13.2 Å². The summed E-state index contributed by atoms with van der Waals surface area (Å²) in [6.07, 6.45) is 0.537. The van der Waals surface area contributed by atoms with Crippen LogP contribution in [0.1, 0.15) is 38.8 Å². The van der Waals surface area contributed by atoms with Gasteiger partial charge in [-0.05, 0) is 32.8 Å². The minimum atomic E-state index is -0.598. The van der Waals surface area contributed by atoms with Crippen molar-refractivity contribution in [2.45, 2.75) is 39.3 Å². The number of carbonyl (C=O) groups is 2. The lowest BCUT2D eigenvalue weighted by molar-refractivity contribution is -0.155. The molecular formula is C17H23NO3. The fraction of sp³-hybridized carbons (Fsp3) is 0.529. The number of likely N-dealkylation sites (tertiary alicyclic amines) is 1. The summed E-state index contributed by atoms with van der Waals surface area (Å²) in [7, 11) is 0. The first-order chi connectivity index (χ1) is 10.0. The fourth-order valence-electron chi connectivity index (χ4n) is 2.97. The fourth-order valence-corrected chi connectivity index (χ4v) is 2.97. The number of piperidine rings is 1. The van der Waals surface area contributed by atoms with Gasteiger partial charge >= 0.3 is 5.97 Å². The molecule has 0 aromatic heterocycles. The van der Waals surface area contributed by atoms with Gasteiger partial charge in [0.1, 0.15) is 5.92 Å². The van der Waals surface area contributed by atoms with Gasteiger partial charge < -0.3 is 4.74 Å². The number of ether oxygens (including phenoxy) is 1. The van der Waals surface area contributed by atoms with Gasteiger partial charge in [-0.1, -0.05) is 30.3 Å². The minimum Gasteiger partial charge on any atom is -0.465 e. The predicted octanol–water partition coefficient (Wildman–Crippen LogP) is 2.59. The van der Waals surface area contributed by atoms with Crippen molar-refractivity contribution in [1.29, 1.82) is 0 Å². The molecule has 4 heteroatoms. The van der Waals surface area contributed by atoms with Crippen molar-refractivity contribution < 1.29 is 14.3 Å². The molecule has 21 heavy (non-hydrogen) atoms. The molecule has 0 radical (unpaired) electrons. The first-order valence-electron chi connectivity index (χ1n) is 7.54. The number of rotatable bonds is 4. The van der Waals surface area contributed by atoms with Crippen molar-refractivity contribution >= 4 is 11.8 Å². The number of nitrogens with zero attached hydrogens (tertiary/aromatic N) is 1. The summed E-state index contributed by atoms with van der Waals surface area (Å²) in [6, 6.07) is 10.5. The van der Waals surface area contributed by atoms with Crippen LogP contribution in [0.5, 0.6) is 0 Å². The van der Waals surface area contributed by atoms with Gasteiger partial charge in [0.15, 0.2) is 5.78 Å². The summed E-state index contributed by atoms with van der Waals surface area (Å²) in [5, 5.41) is 0. The minimum absolute atomic E-state index is 0.0330. The molecule has 1 aromatic rings. The van der Waals surface area contributed by atoms with Gasteiger partial charge in [-0.15, -0.1) is 0 Å². The molecule has 0 amide bonds.